The van der Waals surface area contributed by atoms with Gasteiger partial charge in [-0.05, 0) is 29.3 Å². The summed E-state index contributed by atoms with van der Waals surface area (Å²) >= 11 is 0. The molecule has 0 unspecified atom stereocenters. The van der Waals surface area contributed by atoms with Crippen LogP contribution in [-0.4, -0.2) is 23.0 Å². The third kappa shape index (κ3) is 5.85. The van der Waals surface area contributed by atoms with E-state index in [1.54, 1.807) is 18.2 Å². The average molecular weight is 376 g/mol. The Morgan fingerprint density at radius 1 is 1.11 bits per heavy atom. The molecule has 0 bridgehead atoms. The zero-order valence-corrected chi connectivity index (χ0v) is 14.0. The molecule has 5 nitrogen and oxygen atoms in total. The monoisotopic (exact) mass is 376 g/mol. The number of amides is 1. The van der Waals surface area contributed by atoms with Crippen molar-refractivity contribution in [3.05, 3.63) is 70.8 Å². The lowest BCUT2D eigenvalue weighted by atomic mass is 10.0. The molecule has 0 aromatic heterocycles. The Hall–Kier alpha value is -3.34. The molecule has 27 heavy (non-hydrogen) atoms. The molecule has 2 aromatic carbocycles. The largest absolute Gasteiger partial charge is 0.480 e. The zero-order valence-electron chi connectivity index (χ0n) is 14.0. The molecule has 2 N–H and O–H groups in total. The molecule has 0 saturated heterocycles. The van der Waals surface area contributed by atoms with Crippen LogP contribution in [0.5, 0.6) is 0 Å². The van der Waals surface area contributed by atoms with E-state index in [1.165, 1.54) is 18.2 Å². The number of aliphatic carboxylic acids is 1. The van der Waals surface area contributed by atoms with Crippen LogP contribution in [0.2, 0.25) is 0 Å². The number of carboxylic acid groups (broad SMARTS) is 1. The van der Waals surface area contributed by atoms with Crippen LogP contribution in [0, 0.1) is 11.3 Å². The summed E-state index contributed by atoms with van der Waals surface area (Å²) in [6.45, 7) is 0. The second kappa shape index (κ2) is 8.36. The zero-order chi connectivity index (χ0) is 20.0. The van der Waals surface area contributed by atoms with Crippen molar-refractivity contribution in [2.45, 2.75) is 25.1 Å². The van der Waals surface area contributed by atoms with E-state index in [-0.39, 0.29) is 18.4 Å². The molecule has 0 radical (unpaired) electrons. The van der Waals surface area contributed by atoms with Crippen LogP contribution in [-0.2, 0) is 28.6 Å². The number of nitrogens with zero attached hydrogens (tertiary/aromatic N) is 1. The minimum atomic E-state index is -4.53. The van der Waals surface area contributed by atoms with Gasteiger partial charge in [0.2, 0.25) is 5.91 Å². The van der Waals surface area contributed by atoms with E-state index in [9.17, 15) is 27.9 Å². The normalized spacial score (nSPS) is 12.1. The van der Waals surface area contributed by atoms with Crippen molar-refractivity contribution in [2.24, 2.45) is 0 Å². The number of hydrogen-bond acceptors (Lipinski definition) is 3. The standard InChI is InChI=1S/C19H15F3N2O3/c20-19(21,22)15-6-2-4-13(8-15)10-17(25)24-16(18(26)27)9-12-3-1-5-14(7-12)11-23/h1-8,16H,9-10H2,(H,24,25)(H,26,27)/t16-/m1/s1. The minimum Gasteiger partial charge on any atom is -0.480 e. The maximum absolute atomic E-state index is 12.7. The summed E-state index contributed by atoms with van der Waals surface area (Å²) < 4.78 is 38.2. The van der Waals surface area contributed by atoms with Crippen molar-refractivity contribution in [1.82, 2.24) is 5.32 Å². The van der Waals surface area contributed by atoms with E-state index in [0.29, 0.717) is 11.1 Å². The third-order valence-corrected chi connectivity index (χ3v) is 3.75. The Labute approximate surface area is 153 Å². The van der Waals surface area contributed by atoms with E-state index in [0.717, 1.165) is 12.1 Å². The lowest BCUT2D eigenvalue weighted by molar-refractivity contribution is -0.141. The summed E-state index contributed by atoms with van der Waals surface area (Å²) in [5.41, 5.74) is 0.140. The van der Waals surface area contributed by atoms with Gasteiger partial charge in [-0.2, -0.15) is 18.4 Å². The Kier molecular flexibility index (Phi) is 6.19. The summed E-state index contributed by atoms with van der Waals surface area (Å²) in [6, 6.07) is 11.2. The molecular formula is C19H15F3N2O3. The first kappa shape index (κ1) is 20.0. The minimum absolute atomic E-state index is 0.0564. The van der Waals surface area contributed by atoms with Crippen molar-refractivity contribution < 1.29 is 27.9 Å². The van der Waals surface area contributed by atoms with Gasteiger partial charge in [0.1, 0.15) is 6.04 Å². The fourth-order valence-electron chi connectivity index (χ4n) is 2.49. The lowest BCUT2D eigenvalue weighted by Crippen LogP contribution is -2.43. The first-order chi connectivity index (χ1) is 12.7. The Morgan fingerprint density at radius 2 is 1.78 bits per heavy atom. The van der Waals surface area contributed by atoms with Crippen LogP contribution < -0.4 is 5.32 Å². The highest BCUT2D eigenvalue weighted by molar-refractivity contribution is 5.85. The van der Waals surface area contributed by atoms with Gasteiger partial charge in [0, 0.05) is 6.42 Å². The van der Waals surface area contributed by atoms with E-state index in [2.05, 4.69) is 5.32 Å². The second-order valence-electron chi connectivity index (χ2n) is 5.85. The van der Waals surface area contributed by atoms with E-state index >= 15 is 0 Å². The van der Waals surface area contributed by atoms with Crippen LogP contribution in [0.1, 0.15) is 22.3 Å². The molecule has 2 rings (SSSR count). The number of alkyl halides is 3. The Morgan fingerprint density at radius 3 is 2.41 bits per heavy atom. The molecule has 0 aliphatic rings. The molecule has 140 valence electrons. The Balaban J connectivity index is 2.07. The quantitative estimate of drug-likeness (QED) is 0.811. The first-order valence-electron chi connectivity index (χ1n) is 7.86. The Bertz CT molecular complexity index is 888. The topological polar surface area (TPSA) is 90.2 Å². The SMILES string of the molecule is N#Cc1cccc(C[C@@H](NC(=O)Cc2cccc(C(F)(F)F)c2)C(=O)O)c1. The highest BCUT2D eigenvalue weighted by Crippen LogP contribution is 2.29. The number of carbonyl (C=O) groups is 2. The van der Waals surface area contributed by atoms with Crippen LogP contribution in [0.4, 0.5) is 13.2 Å². The maximum atomic E-state index is 12.7. The van der Waals surface area contributed by atoms with Crippen LogP contribution >= 0.6 is 0 Å². The van der Waals surface area contributed by atoms with E-state index in [1.807, 2.05) is 6.07 Å². The summed E-state index contributed by atoms with van der Waals surface area (Å²) in [6.07, 6.45) is -4.97. The number of carboxylic acids is 1. The van der Waals surface area contributed by atoms with Gasteiger partial charge in [0.25, 0.3) is 0 Å². The van der Waals surface area contributed by atoms with Gasteiger partial charge in [-0.1, -0.05) is 30.3 Å². The number of nitriles is 1. The van der Waals surface area contributed by atoms with E-state index < -0.39 is 29.7 Å². The number of rotatable bonds is 6. The van der Waals surface area contributed by atoms with Gasteiger partial charge in [0.15, 0.2) is 0 Å². The van der Waals surface area contributed by atoms with Crippen molar-refractivity contribution in [2.75, 3.05) is 0 Å². The van der Waals surface area contributed by atoms with Gasteiger partial charge in [-0.3, -0.25) is 4.79 Å². The number of nitrogens with one attached hydrogen (secondary N) is 1. The van der Waals surface area contributed by atoms with Crippen LogP contribution in [0.15, 0.2) is 48.5 Å². The molecule has 0 aliphatic carbocycles. The van der Waals surface area contributed by atoms with Crippen LogP contribution in [0.25, 0.3) is 0 Å². The predicted octanol–water partition coefficient (Wildman–Crippen LogP) is 2.93. The average Bonchev–Trinajstić information content (AvgIpc) is 2.60. The molecular weight excluding hydrogens is 361 g/mol. The number of hydrogen-bond donors (Lipinski definition) is 2. The van der Waals surface area contributed by atoms with Gasteiger partial charge in [0.05, 0.1) is 23.6 Å². The lowest BCUT2D eigenvalue weighted by Gasteiger charge is -2.15. The van der Waals surface area contributed by atoms with Gasteiger partial charge >= 0.3 is 12.1 Å². The van der Waals surface area contributed by atoms with Crippen LogP contribution in [0.3, 0.4) is 0 Å². The summed E-state index contributed by atoms with van der Waals surface area (Å²) in [5, 5.41) is 20.5. The molecule has 0 fully saturated rings. The highest BCUT2D eigenvalue weighted by Gasteiger charge is 2.30. The number of carbonyl (C=O) groups excluding carboxylic acids is 1. The van der Waals surface area contributed by atoms with Crippen molar-refractivity contribution in [3.8, 4) is 6.07 Å². The third-order valence-electron chi connectivity index (χ3n) is 3.75. The molecule has 0 spiro atoms. The molecule has 1 amide bonds. The van der Waals surface area contributed by atoms with Crippen molar-refractivity contribution in [1.29, 1.82) is 5.26 Å². The smallest absolute Gasteiger partial charge is 0.416 e. The fourth-order valence-corrected chi connectivity index (χ4v) is 2.49. The number of benzene rings is 2. The van der Waals surface area contributed by atoms with Gasteiger partial charge < -0.3 is 10.4 Å². The summed E-state index contributed by atoms with van der Waals surface area (Å²) in [4.78, 5) is 23.5. The molecule has 0 saturated carbocycles. The molecule has 8 heteroatoms. The van der Waals surface area contributed by atoms with E-state index in [4.69, 9.17) is 5.26 Å². The molecule has 2 aromatic rings. The van der Waals surface area contributed by atoms with Gasteiger partial charge in [-0.25, -0.2) is 4.79 Å². The fraction of sp³-hybridized carbons (Fsp3) is 0.211. The second-order valence-corrected chi connectivity index (χ2v) is 5.85. The van der Waals surface area contributed by atoms with Gasteiger partial charge in [-0.15, -0.1) is 0 Å². The molecule has 0 aliphatic heterocycles. The molecule has 1 atom stereocenters. The maximum Gasteiger partial charge on any atom is 0.416 e. The summed E-state index contributed by atoms with van der Waals surface area (Å²) in [7, 11) is 0. The van der Waals surface area contributed by atoms with Crippen molar-refractivity contribution in [3.63, 3.8) is 0 Å². The van der Waals surface area contributed by atoms with Crippen molar-refractivity contribution >= 4 is 11.9 Å². The summed E-state index contributed by atoms with van der Waals surface area (Å²) in [5.74, 6) is -1.99. The molecule has 0 heterocycles. The predicted molar refractivity (Wildman–Crippen MR) is 89.6 cm³/mol. The highest BCUT2D eigenvalue weighted by atomic mass is 19.4. The first-order valence-corrected chi connectivity index (χ1v) is 7.86. The number of halogens is 3.